The number of hydrogen-bond acceptors (Lipinski definition) is 4. The van der Waals surface area contributed by atoms with Crippen molar-refractivity contribution in [2.24, 2.45) is 0 Å². The van der Waals surface area contributed by atoms with Crippen LogP contribution in [0.2, 0.25) is 0 Å². The van der Waals surface area contributed by atoms with E-state index >= 15 is 0 Å². The smallest absolute Gasteiger partial charge is 0.174 e. The summed E-state index contributed by atoms with van der Waals surface area (Å²) in [6.45, 7) is 7.61. The Bertz CT molecular complexity index is 905. The second-order valence-electron chi connectivity index (χ2n) is 6.93. The van der Waals surface area contributed by atoms with Gasteiger partial charge in [-0.15, -0.1) is 0 Å². The second kappa shape index (κ2) is 10.7. The number of methoxy groups -OCH3 is 1. The fourth-order valence-electron chi connectivity index (χ4n) is 3.29. The molecule has 3 aromatic rings. The largest absolute Gasteiger partial charge is 0.497 e. The summed E-state index contributed by atoms with van der Waals surface area (Å²) in [7, 11) is 1.66. The van der Waals surface area contributed by atoms with Crippen molar-refractivity contribution in [3.8, 4) is 5.75 Å². The minimum atomic E-state index is 0.590. The first kappa shape index (κ1) is 21.7. The van der Waals surface area contributed by atoms with Crippen LogP contribution in [0.4, 0.5) is 11.4 Å². The summed E-state index contributed by atoms with van der Waals surface area (Å²) < 4.78 is 10.8. The van der Waals surface area contributed by atoms with Crippen molar-refractivity contribution < 1.29 is 9.15 Å². The van der Waals surface area contributed by atoms with E-state index in [-0.39, 0.29) is 0 Å². The third-order valence-corrected chi connectivity index (χ3v) is 5.35. The number of benzene rings is 2. The molecule has 0 aliphatic carbocycles. The van der Waals surface area contributed by atoms with Gasteiger partial charge in [0.05, 0.1) is 19.9 Å². The van der Waals surface area contributed by atoms with E-state index in [4.69, 9.17) is 21.4 Å². The average molecular weight is 424 g/mol. The third-order valence-electron chi connectivity index (χ3n) is 4.99. The Kier molecular flexibility index (Phi) is 7.74. The molecule has 1 N–H and O–H groups in total. The van der Waals surface area contributed by atoms with Crippen LogP contribution in [0, 0.1) is 0 Å². The van der Waals surface area contributed by atoms with Gasteiger partial charge in [0.15, 0.2) is 5.11 Å². The Hall–Kier alpha value is -2.99. The minimum Gasteiger partial charge on any atom is -0.497 e. The fraction of sp³-hybridized carbons (Fsp3) is 0.292. The van der Waals surface area contributed by atoms with Crippen molar-refractivity contribution in [3.63, 3.8) is 0 Å². The van der Waals surface area contributed by atoms with E-state index in [1.165, 1.54) is 11.3 Å². The maximum atomic E-state index is 5.73. The molecule has 1 heterocycles. The molecule has 0 unspecified atom stereocenters. The molecule has 5 nitrogen and oxygen atoms in total. The predicted molar refractivity (Wildman–Crippen MR) is 127 cm³/mol. The van der Waals surface area contributed by atoms with Gasteiger partial charge in [0.1, 0.15) is 11.5 Å². The van der Waals surface area contributed by atoms with Crippen molar-refractivity contribution in [2.45, 2.75) is 26.9 Å². The van der Waals surface area contributed by atoms with Crippen LogP contribution in [-0.2, 0) is 13.1 Å². The number of nitrogens with zero attached hydrogens (tertiary/aromatic N) is 2. The van der Waals surface area contributed by atoms with Crippen LogP contribution in [0.5, 0.6) is 5.75 Å². The molecule has 0 fully saturated rings. The van der Waals surface area contributed by atoms with Crippen molar-refractivity contribution in [2.75, 3.05) is 30.4 Å². The Morgan fingerprint density at radius 3 is 2.23 bits per heavy atom. The van der Waals surface area contributed by atoms with Crippen molar-refractivity contribution in [1.29, 1.82) is 0 Å². The zero-order valence-corrected chi connectivity index (χ0v) is 18.6. The molecule has 3 rings (SSSR count). The first-order valence-corrected chi connectivity index (χ1v) is 10.6. The number of furan rings is 1. The van der Waals surface area contributed by atoms with Gasteiger partial charge in [-0.05, 0) is 80.2 Å². The number of nitrogens with one attached hydrogen (secondary N) is 1. The molecule has 6 heteroatoms. The molecular formula is C24H29N3O2S. The summed E-state index contributed by atoms with van der Waals surface area (Å²) in [5.74, 6) is 1.68. The van der Waals surface area contributed by atoms with Gasteiger partial charge in [-0.3, -0.25) is 0 Å². The van der Waals surface area contributed by atoms with E-state index in [2.05, 4.69) is 53.2 Å². The van der Waals surface area contributed by atoms with Gasteiger partial charge in [0.25, 0.3) is 0 Å². The summed E-state index contributed by atoms with van der Waals surface area (Å²) in [5, 5.41) is 3.97. The molecule has 0 radical (unpaired) electrons. The SMILES string of the molecule is CCN(CC)c1ccc(CN(Cc2ccco2)C(=S)Nc2ccc(OC)cc2)cc1. The monoisotopic (exact) mass is 423 g/mol. The summed E-state index contributed by atoms with van der Waals surface area (Å²) in [6, 6.07) is 20.3. The van der Waals surface area contributed by atoms with Crippen molar-refractivity contribution in [3.05, 3.63) is 78.3 Å². The molecule has 30 heavy (non-hydrogen) atoms. The highest BCUT2D eigenvalue weighted by Crippen LogP contribution is 2.19. The normalized spacial score (nSPS) is 10.5. The van der Waals surface area contributed by atoms with E-state index in [1.807, 2.05) is 36.4 Å². The summed E-state index contributed by atoms with van der Waals surface area (Å²) in [6.07, 6.45) is 1.69. The van der Waals surface area contributed by atoms with Gasteiger partial charge in [-0.1, -0.05) is 12.1 Å². The van der Waals surface area contributed by atoms with Crippen LogP contribution in [0.1, 0.15) is 25.2 Å². The number of rotatable bonds is 9. The van der Waals surface area contributed by atoms with Gasteiger partial charge in [-0.2, -0.15) is 0 Å². The molecule has 0 amide bonds. The van der Waals surface area contributed by atoms with Crippen LogP contribution in [0.15, 0.2) is 71.3 Å². The number of thiocarbonyl (C=S) groups is 1. The fourth-order valence-corrected chi connectivity index (χ4v) is 3.54. The van der Waals surface area contributed by atoms with E-state index in [9.17, 15) is 0 Å². The lowest BCUT2D eigenvalue weighted by atomic mass is 10.1. The Morgan fingerprint density at radius 1 is 0.967 bits per heavy atom. The van der Waals surface area contributed by atoms with Gasteiger partial charge >= 0.3 is 0 Å². The Morgan fingerprint density at radius 2 is 1.67 bits per heavy atom. The maximum Gasteiger partial charge on any atom is 0.174 e. The average Bonchev–Trinajstić information content (AvgIpc) is 3.29. The molecule has 0 bridgehead atoms. The molecule has 0 saturated heterocycles. The van der Waals surface area contributed by atoms with Crippen LogP contribution in [-0.4, -0.2) is 30.2 Å². The molecule has 0 aliphatic heterocycles. The standard InChI is InChI=1S/C24H29N3O2S/c1-4-26(5-2)21-12-8-19(9-13-21)17-27(18-23-7-6-16-29-23)24(30)25-20-10-14-22(28-3)15-11-20/h6-16H,4-5,17-18H2,1-3H3,(H,25,30). The summed E-state index contributed by atoms with van der Waals surface area (Å²) >= 11 is 5.73. The zero-order chi connectivity index (χ0) is 21.3. The zero-order valence-electron chi connectivity index (χ0n) is 17.8. The summed E-state index contributed by atoms with van der Waals surface area (Å²) in [4.78, 5) is 4.44. The molecule has 2 aromatic carbocycles. The minimum absolute atomic E-state index is 0.590. The Labute approximate surface area is 184 Å². The van der Waals surface area contributed by atoms with E-state index in [0.717, 1.165) is 30.3 Å². The maximum absolute atomic E-state index is 5.73. The summed E-state index contributed by atoms with van der Waals surface area (Å²) in [5.41, 5.74) is 3.35. The number of anilines is 2. The predicted octanol–water partition coefficient (Wildman–Crippen LogP) is 5.53. The highest BCUT2D eigenvalue weighted by Gasteiger charge is 2.14. The van der Waals surface area contributed by atoms with Gasteiger partial charge in [-0.25, -0.2) is 0 Å². The topological polar surface area (TPSA) is 40.9 Å². The van der Waals surface area contributed by atoms with E-state index < -0.39 is 0 Å². The number of ether oxygens (including phenoxy) is 1. The first-order chi connectivity index (χ1) is 14.6. The molecule has 0 aliphatic rings. The molecule has 1 aromatic heterocycles. The highest BCUT2D eigenvalue weighted by molar-refractivity contribution is 7.80. The lowest BCUT2D eigenvalue weighted by molar-refractivity contribution is 0.360. The Balaban J connectivity index is 1.73. The van der Waals surface area contributed by atoms with E-state index in [1.54, 1.807) is 13.4 Å². The molecule has 0 atom stereocenters. The van der Waals surface area contributed by atoms with E-state index in [0.29, 0.717) is 18.2 Å². The van der Waals surface area contributed by atoms with Crippen molar-refractivity contribution in [1.82, 2.24) is 4.90 Å². The molecule has 0 saturated carbocycles. The molecular weight excluding hydrogens is 394 g/mol. The molecule has 158 valence electrons. The lowest BCUT2D eigenvalue weighted by Gasteiger charge is -2.26. The third kappa shape index (κ3) is 5.76. The van der Waals surface area contributed by atoms with Crippen LogP contribution >= 0.6 is 12.2 Å². The van der Waals surface area contributed by atoms with Gasteiger partial charge in [0.2, 0.25) is 0 Å². The van der Waals surface area contributed by atoms with Gasteiger partial charge in [0, 0.05) is 31.0 Å². The van der Waals surface area contributed by atoms with Crippen LogP contribution < -0.4 is 15.0 Å². The van der Waals surface area contributed by atoms with Gasteiger partial charge < -0.3 is 24.3 Å². The number of hydrogen-bond donors (Lipinski definition) is 1. The molecule has 0 spiro atoms. The second-order valence-corrected chi connectivity index (χ2v) is 7.32. The van der Waals surface area contributed by atoms with Crippen LogP contribution in [0.25, 0.3) is 0 Å². The first-order valence-electron chi connectivity index (χ1n) is 10.2. The van der Waals surface area contributed by atoms with Crippen molar-refractivity contribution >= 4 is 28.7 Å². The lowest BCUT2D eigenvalue weighted by Crippen LogP contribution is -2.33. The highest BCUT2D eigenvalue weighted by atomic mass is 32.1. The van der Waals surface area contributed by atoms with Crippen LogP contribution in [0.3, 0.4) is 0 Å². The quantitative estimate of drug-likeness (QED) is 0.456.